The van der Waals surface area contributed by atoms with Crippen molar-refractivity contribution < 1.29 is 4.42 Å². The van der Waals surface area contributed by atoms with Crippen LogP contribution in [0.15, 0.2) is 16.7 Å². The molecule has 68 valence electrons. The minimum Gasteiger partial charge on any atom is -0.467 e. The third-order valence-electron chi connectivity index (χ3n) is 1.86. The Labute approximate surface area is 74.0 Å². The molecule has 1 aromatic heterocycles. The zero-order valence-corrected chi connectivity index (χ0v) is 7.89. The Balaban J connectivity index is 2.31. The van der Waals surface area contributed by atoms with Crippen molar-refractivity contribution >= 4 is 5.69 Å². The van der Waals surface area contributed by atoms with Gasteiger partial charge in [0.2, 0.25) is 0 Å². The zero-order valence-electron chi connectivity index (χ0n) is 7.89. The van der Waals surface area contributed by atoms with Crippen molar-refractivity contribution in [1.82, 2.24) is 0 Å². The van der Waals surface area contributed by atoms with Crippen molar-refractivity contribution in [1.29, 1.82) is 0 Å². The van der Waals surface area contributed by atoms with E-state index in [9.17, 15) is 0 Å². The second-order valence-electron chi connectivity index (χ2n) is 2.94. The fraction of sp³-hybridized carbons (Fsp3) is 0.600. The highest BCUT2D eigenvalue weighted by Gasteiger charge is 1.97. The van der Waals surface area contributed by atoms with Crippen LogP contribution in [0.25, 0.3) is 0 Å². The predicted octanol–water partition coefficient (Wildman–Crippen LogP) is 3.05. The SMILES string of the molecule is CCCCNc1coc(CC)c1. The molecule has 1 N–H and O–H groups in total. The molecule has 0 aromatic carbocycles. The molecule has 1 heterocycles. The Kier molecular flexibility index (Phi) is 3.71. The number of anilines is 1. The van der Waals surface area contributed by atoms with Crippen molar-refractivity contribution in [3.05, 3.63) is 18.1 Å². The molecule has 0 amide bonds. The Hall–Kier alpha value is -0.920. The summed E-state index contributed by atoms with van der Waals surface area (Å²) < 4.78 is 5.28. The third kappa shape index (κ3) is 2.61. The number of rotatable bonds is 5. The van der Waals surface area contributed by atoms with Crippen molar-refractivity contribution in [2.75, 3.05) is 11.9 Å². The molecule has 0 aliphatic rings. The lowest BCUT2D eigenvalue weighted by atomic mass is 10.3. The van der Waals surface area contributed by atoms with E-state index in [4.69, 9.17) is 4.42 Å². The lowest BCUT2D eigenvalue weighted by Crippen LogP contribution is -1.98. The summed E-state index contributed by atoms with van der Waals surface area (Å²) in [6, 6.07) is 2.07. The van der Waals surface area contributed by atoms with Gasteiger partial charge in [-0.2, -0.15) is 0 Å². The first-order valence-corrected chi connectivity index (χ1v) is 4.68. The predicted molar refractivity (Wildman–Crippen MR) is 51.5 cm³/mol. The van der Waals surface area contributed by atoms with Gasteiger partial charge in [0.1, 0.15) is 12.0 Å². The topological polar surface area (TPSA) is 25.2 Å². The van der Waals surface area contributed by atoms with Crippen molar-refractivity contribution in [3.63, 3.8) is 0 Å². The Morgan fingerprint density at radius 1 is 1.42 bits per heavy atom. The summed E-state index contributed by atoms with van der Waals surface area (Å²) >= 11 is 0. The fourth-order valence-corrected chi connectivity index (χ4v) is 1.07. The third-order valence-corrected chi connectivity index (χ3v) is 1.86. The highest BCUT2D eigenvalue weighted by molar-refractivity contribution is 5.41. The molecule has 0 saturated carbocycles. The van der Waals surface area contributed by atoms with Crippen LogP contribution < -0.4 is 5.32 Å². The molecular weight excluding hydrogens is 150 g/mol. The zero-order chi connectivity index (χ0) is 8.81. The van der Waals surface area contributed by atoms with E-state index in [1.165, 1.54) is 12.8 Å². The van der Waals surface area contributed by atoms with Crippen LogP contribution in [0.3, 0.4) is 0 Å². The average Bonchev–Trinajstić information content (AvgIpc) is 2.53. The van der Waals surface area contributed by atoms with Crippen LogP contribution in [0.5, 0.6) is 0 Å². The molecule has 0 aliphatic heterocycles. The molecule has 0 aliphatic carbocycles. The van der Waals surface area contributed by atoms with Crippen LogP contribution >= 0.6 is 0 Å². The Morgan fingerprint density at radius 2 is 2.25 bits per heavy atom. The summed E-state index contributed by atoms with van der Waals surface area (Å²) in [5.41, 5.74) is 1.11. The maximum atomic E-state index is 5.28. The minimum absolute atomic E-state index is 0.968. The number of nitrogens with one attached hydrogen (secondary N) is 1. The Bertz CT molecular complexity index is 217. The minimum atomic E-state index is 0.968. The van der Waals surface area contributed by atoms with Gasteiger partial charge >= 0.3 is 0 Å². The van der Waals surface area contributed by atoms with Crippen LogP contribution in [0.2, 0.25) is 0 Å². The second-order valence-corrected chi connectivity index (χ2v) is 2.94. The van der Waals surface area contributed by atoms with Crippen LogP contribution in [0, 0.1) is 0 Å². The van der Waals surface area contributed by atoms with Gasteiger partial charge in [0.25, 0.3) is 0 Å². The van der Waals surface area contributed by atoms with Gasteiger partial charge in [-0.1, -0.05) is 20.3 Å². The molecule has 2 heteroatoms. The monoisotopic (exact) mass is 167 g/mol. The molecule has 0 spiro atoms. The van der Waals surface area contributed by atoms with Crippen LogP contribution in [-0.4, -0.2) is 6.54 Å². The van der Waals surface area contributed by atoms with Crippen LogP contribution in [-0.2, 0) is 6.42 Å². The van der Waals surface area contributed by atoms with Gasteiger partial charge in [0.15, 0.2) is 0 Å². The number of hydrogen-bond donors (Lipinski definition) is 1. The Morgan fingerprint density at radius 3 is 2.83 bits per heavy atom. The average molecular weight is 167 g/mol. The summed E-state index contributed by atoms with van der Waals surface area (Å²) in [6.45, 7) is 5.32. The van der Waals surface area contributed by atoms with E-state index in [1.807, 2.05) is 0 Å². The molecule has 1 aromatic rings. The number of hydrogen-bond acceptors (Lipinski definition) is 2. The highest BCUT2D eigenvalue weighted by atomic mass is 16.3. The maximum absolute atomic E-state index is 5.28. The summed E-state index contributed by atoms with van der Waals surface area (Å²) in [6.07, 6.45) is 5.20. The van der Waals surface area contributed by atoms with Gasteiger partial charge < -0.3 is 9.73 Å². The summed E-state index contributed by atoms with van der Waals surface area (Å²) in [5, 5.41) is 3.31. The molecule has 0 bridgehead atoms. The lowest BCUT2D eigenvalue weighted by Gasteiger charge is -1.99. The first kappa shape index (κ1) is 9.17. The van der Waals surface area contributed by atoms with Crippen molar-refractivity contribution in [2.45, 2.75) is 33.1 Å². The van der Waals surface area contributed by atoms with E-state index in [2.05, 4.69) is 25.2 Å². The second kappa shape index (κ2) is 4.86. The van der Waals surface area contributed by atoms with Crippen LogP contribution in [0.1, 0.15) is 32.4 Å². The molecule has 1 rings (SSSR count). The highest BCUT2D eigenvalue weighted by Crippen LogP contribution is 2.13. The molecule has 0 radical (unpaired) electrons. The van der Waals surface area contributed by atoms with E-state index in [0.717, 1.165) is 24.4 Å². The van der Waals surface area contributed by atoms with Crippen molar-refractivity contribution in [2.24, 2.45) is 0 Å². The maximum Gasteiger partial charge on any atom is 0.114 e. The van der Waals surface area contributed by atoms with Gasteiger partial charge in [-0.3, -0.25) is 0 Å². The smallest absolute Gasteiger partial charge is 0.114 e. The van der Waals surface area contributed by atoms with Gasteiger partial charge in [-0.15, -0.1) is 0 Å². The lowest BCUT2D eigenvalue weighted by molar-refractivity contribution is 0.516. The summed E-state index contributed by atoms with van der Waals surface area (Å²) in [5.74, 6) is 1.05. The number of unbranched alkanes of at least 4 members (excludes halogenated alkanes) is 1. The molecular formula is C10H17NO. The van der Waals surface area contributed by atoms with E-state index in [-0.39, 0.29) is 0 Å². The molecule has 0 atom stereocenters. The van der Waals surface area contributed by atoms with Gasteiger partial charge in [0.05, 0.1) is 5.69 Å². The summed E-state index contributed by atoms with van der Waals surface area (Å²) in [4.78, 5) is 0. The van der Waals surface area contributed by atoms with Crippen LogP contribution in [0.4, 0.5) is 5.69 Å². The normalized spacial score (nSPS) is 10.2. The standard InChI is InChI=1S/C10H17NO/c1-3-5-6-11-9-7-10(4-2)12-8-9/h7-8,11H,3-6H2,1-2H3. The first-order valence-electron chi connectivity index (χ1n) is 4.68. The van der Waals surface area contributed by atoms with Gasteiger partial charge in [-0.05, 0) is 6.42 Å². The molecule has 0 unspecified atom stereocenters. The summed E-state index contributed by atoms with van der Waals surface area (Å²) in [7, 11) is 0. The van der Waals surface area contributed by atoms with E-state index in [0.29, 0.717) is 0 Å². The van der Waals surface area contributed by atoms with Crippen molar-refractivity contribution in [3.8, 4) is 0 Å². The molecule has 0 saturated heterocycles. The van der Waals surface area contributed by atoms with Gasteiger partial charge in [0, 0.05) is 19.0 Å². The largest absolute Gasteiger partial charge is 0.467 e. The molecule has 2 nitrogen and oxygen atoms in total. The van der Waals surface area contributed by atoms with E-state index >= 15 is 0 Å². The van der Waals surface area contributed by atoms with E-state index < -0.39 is 0 Å². The quantitative estimate of drug-likeness (QED) is 0.682. The number of aryl methyl sites for hydroxylation is 1. The molecule has 0 fully saturated rings. The first-order chi connectivity index (χ1) is 5.86. The fourth-order valence-electron chi connectivity index (χ4n) is 1.07. The van der Waals surface area contributed by atoms with Gasteiger partial charge in [-0.25, -0.2) is 0 Å². The number of furan rings is 1. The van der Waals surface area contributed by atoms with E-state index in [1.54, 1.807) is 6.26 Å². The molecule has 12 heavy (non-hydrogen) atoms.